The summed E-state index contributed by atoms with van der Waals surface area (Å²) in [5.74, 6) is 0.709. The van der Waals surface area contributed by atoms with Crippen LogP contribution >= 0.6 is 11.8 Å². The second-order valence-corrected chi connectivity index (χ2v) is 18.5. The molecule has 3 aromatic carbocycles. The zero-order valence-corrected chi connectivity index (χ0v) is 38.2. The second-order valence-electron chi connectivity index (χ2n) is 17.3. The molecule has 7 aliphatic rings. The SMILES string of the molecule is CCCC(=O)Oc1cc2c(cc1OC)[C@@]1(CS[C@@H]3c4c(OC(C)=O)c(C)c5c(c4[C@@H](COC1=O)N1C3[C@@H]3c4c(cc(C)c(OC)c4OC(=O)CCC)C[C@H]([C@@H]1O)N3C)OCO5)NCC2. The van der Waals surface area contributed by atoms with E-state index >= 15 is 4.79 Å². The van der Waals surface area contributed by atoms with Crippen molar-refractivity contribution in [3.05, 3.63) is 62.7 Å². The van der Waals surface area contributed by atoms with Gasteiger partial charge in [-0.1, -0.05) is 19.9 Å². The smallest absolute Gasteiger partial charge is 0.331 e. The van der Waals surface area contributed by atoms with E-state index in [9.17, 15) is 19.5 Å². The van der Waals surface area contributed by atoms with E-state index < -0.39 is 59.1 Å². The summed E-state index contributed by atoms with van der Waals surface area (Å²) in [5.41, 5.74) is 4.26. The minimum absolute atomic E-state index is 0.0865. The van der Waals surface area contributed by atoms with Crippen molar-refractivity contribution in [2.24, 2.45) is 0 Å². The van der Waals surface area contributed by atoms with Gasteiger partial charge in [0.1, 0.15) is 18.6 Å². The van der Waals surface area contributed by atoms with Crippen LogP contribution in [0, 0.1) is 13.8 Å². The Morgan fingerprint density at radius 3 is 2.33 bits per heavy atom. The zero-order valence-electron chi connectivity index (χ0n) is 37.4. The fourth-order valence-electron chi connectivity index (χ4n) is 10.9. The standard InChI is InChI=1S/C47H55N3O13S/c1-9-11-32(52)62-31-17-25-13-14-48-47(27(25)18-30(31)56-7)20-64-44-36-35(42-41(59-21-60-42)23(4)40(36)61-24(5)51)29(19-58-46(47)55)50-38(44)37-34-26(16-28(45(50)54)49(37)6)15-22(3)39(57-8)43(34)63-33(53)12-10-2/h15,17-18,28-29,37-38,44-45,48,54H,9-14,16,19-21H2,1-8H3/t28-,29-,37+,38?,44-,45+,47-/m1/s1. The Balaban J connectivity index is 1.28. The molecule has 64 heavy (non-hydrogen) atoms. The molecule has 0 radical (unpaired) electrons. The van der Waals surface area contributed by atoms with Gasteiger partial charge in [-0.3, -0.25) is 29.5 Å². The summed E-state index contributed by atoms with van der Waals surface area (Å²) in [6.07, 6.45) is 1.49. The second kappa shape index (κ2) is 17.1. The fourth-order valence-corrected chi connectivity index (χ4v) is 12.6. The first kappa shape index (κ1) is 44.1. The normalized spacial score (nSPS) is 26.5. The molecule has 2 N–H and O–H groups in total. The number of rotatable bonds is 9. The number of aliphatic hydroxyl groups is 1. The number of nitrogens with one attached hydrogen (secondary N) is 1. The van der Waals surface area contributed by atoms with Gasteiger partial charge in [-0.2, -0.15) is 0 Å². The summed E-state index contributed by atoms with van der Waals surface area (Å²) >= 11 is 1.46. The van der Waals surface area contributed by atoms with Crippen LogP contribution in [-0.4, -0.2) is 104 Å². The first-order chi connectivity index (χ1) is 30.8. The van der Waals surface area contributed by atoms with Crippen LogP contribution in [0.1, 0.15) is 108 Å². The fraction of sp³-hybridized carbons (Fsp3) is 0.532. The molecule has 1 spiro atoms. The lowest BCUT2D eigenvalue weighted by atomic mass is 9.73. The minimum Gasteiger partial charge on any atom is -0.493 e. The Morgan fingerprint density at radius 2 is 1.62 bits per heavy atom. The summed E-state index contributed by atoms with van der Waals surface area (Å²) in [4.78, 5) is 58.5. The highest BCUT2D eigenvalue weighted by molar-refractivity contribution is 7.99. The van der Waals surface area contributed by atoms with Crippen LogP contribution in [0.5, 0.6) is 40.2 Å². The molecule has 7 heterocycles. The lowest BCUT2D eigenvalue weighted by Crippen LogP contribution is -2.70. The van der Waals surface area contributed by atoms with E-state index in [-0.39, 0.29) is 49.5 Å². The van der Waals surface area contributed by atoms with Crippen molar-refractivity contribution in [2.45, 2.75) is 114 Å². The van der Waals surface area contributed by atoms with Crippen LogP contribution in [0.25, 0.3) is 0 Å². The molecular weight excluding hydrogens is 847 g/mol. The number of hydrogen-bond acceptors (Lipinski definition) is 17. The third kappa shape index (κ3) is 6.88. The highest BCUT2D eigenvalue weighted by atomic mass is 32.2. The van der Waals surface area contributed by atoms with Gasteiger partial charge < -0.3 is 43.0 Å². The van der Waals surface area contributed by atoms with E-state index in [0.717, 1.165) is 22.3 Å². The molecule has 10 rings (SSSR count). The van der Waals surface area contributed by atoms with Crippen LogP contribution in [0.3, 0.4) is 0 Å². The molecule has 0 aliphatic carbocycles. The quantitative estimate of drug-likeness (QED) is 0.205. The first-order valence-electron chi connectivity index (χ1n) is 22.0. The highest BCUT2D eigenvalue weighted by Crippen LogP contribution is 2.64. The third-order valence-electron chi connectivity index (χ3n) is 13.6. The topological polar surface area (TPSA) is 181 Å². The van der Waals surface area contributed by atoms with Crippen molar-refractivity contribution in [1.82, 2.24) is 15.1 Å². The number of fused-ring (bicyclic) bond motifs is 9. The van der Waals surface area contributed by atoms with Crippen molar-refractivity contribution < 1.29 is 62.2 Å². The predicted molar refractivity (Wildman–Crippen MR) is 232 cm³/mol. The number of nitrogens with zero attached hydrogens (tertiary/aromatic N) is 2. The van der Waals surface area contributed by atoms with E-state index in [0.29, 0.717) is 83.2 Å². The number of aryl methyl sites for hydroxylation is 1. The van der Waals surface area contributed by atoms with E-state index in [1.54, 1.807) is 19.2 Å². The van der Waals surface area contributed by atoms with E-state index in [1.807, 2.05) is 45.7 Å². The average molecular weight is 902 g/mol. The first-order valence-corrected chi connectivity index (χ1v) is 23.0. The third-order valence-corrected chi connectivity index (χ3v) is 15.1. The Bertz CT molecular complexity index is 2440. The van der Waals surface area contributed by atoms with Crippen LogP contribution in [0.2, 0.25) is 0 Å². The summed E-state index contributed by atoms with van der Waals surface area (Å²) in [5, 5.41) is 15.7. The van der Waals surface area contributed by atoms with Crippen molar-refractivity contribution in [3.63, 3.8) is 0 Å². The molecule has 342 valence electrons. The number of carbonyl (C=O) groups is 4. The van der Waals surface area contributed by atoms with E-state index in [1.165, 1.54) is 25.8 Å². The van der Waals surface area contributed by atoms with Crippen molar-refractivity contribution >= 4 is 35.6 Å². The predicted octanol–water partition coefficient (Wildman–Crippen LogP) is 5.41. The van der Waals surface area contributed by atoms with Crippen LogP contribution < -0.4 is 38.5 Å². The van der Waals surface area contributed by atoms with Gasteiger partial charge in [0.15, 0.2) is 40.0 Å². The molecule has 1 unspecified atom stereocenters. The minimum atomic E-state index is -1.43. The number of thioether (sulfide) groups is 1. The van der Waals surface area contributed by atoms with Gasteiger partial charge in [-0.05, 0) is 81.0 Å². The average Bonchev–Trinajstić information content (AvgIpc) is 3.75. The monoisotopic (exact) mass is 901 g/mol. The van der Waals surface area contributed by atoms with Crippen LogP contribution in [0.15, 0.2) is 18.2 Å². The molecule has 3 aromatic rings. The van der Waals surface area contributed by atoms with E-state index in [2.05, 4.69) is 10.2 Å². The number of methoxy groups -OCH3 is 2. The lowest BCUT2D eigenvalue weighted by Gasteiger charge is -2.62. The Hall–Kier alpha value is -5.07. The molecule has 17 heteroatoms. The molecule has 2 fully saturated rings. The maximum absolute atomic E-state index is 15.1. The molecule has 2 saturated heterocycles. The molecule has 0 amide bonds. The van der Waals surface area contributed by atoms with Crippen molar-refractivity contribution in [2.75, 3.05) is 47.0 Å². The molecule has 7 aliphatic heterocycles. The molecule has 16 nitrogen and oxygen atoms in total. The molecule has 7 atom stereocenters. The van der Waals surface area contributed by atoms with Gasteiger partial charge in [-0.25, -0.2) is 4.79 Å². The van der Waals surface area contributed by atoms with Gasteiger partial charge in [0.2, 0.25) is 6.79 Å². The Labute approximate surface area is 376 Å². The summed E-state index contributed by atoms with van der Waals surface area (Å²) in [6.45, 7) is 8.98. The number of likely N-dealkylation sites (N-methyl/N-ethyl adjacent to an activating group) is 1. The number of benzene rings is 3. The van der Waals surface area contributed by atoms with Gasteiger partial charge in [0.05, 0.1) is 37.6 Å². The van der Waals surface area contributed by atoms with Crippen molar-refractivity contribution in [3.8, 4) is 40.2 Å². The zero-order chi connectivity index (χ0) is 45.4. The lowest BCUT2D eigenvalue weighted by molar-refractivity contribution is -0.186. The van der Waals surface area contributed by atoms with Crippen LogP contribution in [-0.2, 0) is 42.3 Å². The van der Waals surface area contributed by atoms with Gasteiger partial charge in [0.25, 0.3) is 0 Å². The summed E-state index contributed by atoms with van der Waals surface area (Å²) in [7, 11) is 5.01. The number of carbonyl (C=O) groups excluding carboxylic acids is 4. The molecule has 0 aromatic heterocycles. The largest absolute Gasteiger partial charge is 0.493 e. The number of ether oxygens (including phenoxy) is 8. The summed E-state index contributed by atoms with van der Waals surface area (Å²) in [6, 6.07) is 3.12. The molecule has 0 saturated carbocycles. The number of aliphatic hydroxyl groups excluding tert-OH is 1. The molecular formula is C47H55N3O13S. The maximum Gasteiger partial charge on any atom is 0.331 e. The van der Waals surface area contributed by atoms with E-state index in [4.69, 9.17) is 37.9 Å². The number of esters is 4. The van der Waals surface area contributed by atoms with Crippen molar-refractivity contribution in [1.29, 1.82) is 0 Å². The van der Waals surface area contributed by atoms with Gasteiger partial charge in [0, 0.05) is 60.4 Å². The number of piperazine rings is 1. The maximum atomic E-state index is 15.1. The van der Waals surface area contributed by atoms with Crippen LogP contribution in [0.4, 0.5) is 0 Å². The highest BCUT2D eigenvalue weighted by Gasteiger charge is 2.61. The summed E-state index contributed by atoms with van der Waals surface area (Å²) < 4.78 is 48.9. The number of hydrogen-bond donors (Lipinski definition) is 2. The Kier molecular flexibility index (Phi) is 11.8. The Morgan fingerprint density at radius 1 is 0.891 bits per heavy atom. The van der Waals surface area contributed by atoms with Gasteiger partial charge in [-0.15, -0.1) is 11.8 Å². The molecule has 4 bridgehead atoms. The van der Waals surface area contributed by atoms with Gasteiger partial charge >= 0.3 is 23.9 Å².